The minimum Gasteiger partial charge on any atom is -0.443 e. The lowest BCUT2D eigenvalue weighted by Gasteiger charge is -2.23. The second kappa shape index (κ2) is 3.56. The monoisotopic (exact) mass is 172 g/mol. The minimum atomic E-state index is -0.499. The molecular weight excluding hydrogens is 156 g/mol. The number of hydrogen-bond acceptors (Lipinski definition) is 3. The van der Waals surface area contributed by atoms with Crippen LogP contribution in [0.4, 0.5) is 4.79 Å². The zero-order valence-electron chi connectivity index (χ0n) is 8.26. The molecule has 0 aliphatic heterocycles. The minimum absolute atomic E-state index is 0.171. The molecular formula is C8H16N2O2. The molecule has 70 valence electrons. The van der Waals surface area contributed by atoms with Crippen LogP contribution < -0.4 is 0 Å². The van der Waals surface area contributed by atoms with Gasteiger partial charge in [0, 0.05) is 7.05 Å². The Bertz CT molecular complexity index is 194. The van der Waals surface area contributed by atoms with Crippen molar-refractivity contribution in [3.8, 4) is 0 Å². The van der Waals surface area contributed by atoms with E-state index in [0.29, 0.717) is 0 Å². The fourth-order valence-electron chi connectivity index (χ4n) is 0.467. The zero-order chi connectivity index (χ0) is 9.94. The van der Waals surface area contributed by atoms with Gasteiger partial charge in [0.2, 0.25) is 0 Å². The third-order valence-electron chi connectivity index (χ3n) is 1.17. The Balaban J connectivity index is 4.15. The van der Waals surface area contributed by atoms with E-state index in [1.807, 2.05) is 0 Å². The molecule has 0 fully saturated rings. The molecule has 0 heterocycles. The molecule has 0 aliphatic carbocycles. The molecule has 0 spiro atoms. The topological polar surface area (TPSA) is 53.4 Å². The second-order valence-corrected chi connectivity index (χ2v) is 3.62. The Hall–Kier alpha value is -1.06. The third-order valence-corrected chi connectivity index (χ3v) is 1.17. The van der Waals surface area contributed by atoms with Crippen molar-refractivity contribution in [1.82, 2.24) is 4.90 Å². The van der Waals surface area contributed by atoms with Crippen LogP contribution in [0.2, 0.25) is 0 Å². The Morgan fingerprint density at radius 2 is 1.83 bits per heavy atom. The summed E-state index contributed by atoms with van der Waals surface area (Å²) in [6.07, 6.45) is -0.491. The number of rotatable bonds is 0. The van der Waals surface area contributed by atoms with E-state index >= 15 is 0 Å². The van der Waals surface area contributed by atoms with Crippen molar-refractivity contribution in [2.75, 3.05) is 7.05 Å². The smallest absolute Gasteiger partial charge is 0.415 e. The van der Waals surface area contributed by atoms with Gasteiger partial charge in [0.25, 0.3) is 0 Å². The average Bonchev–Trinajstić information content (AvgIpc) is 1.82. The van der Waals surface area contributed by atoms with Gasteiger partial charge in [-0.2, -0.15) is 0 Å². The number of amidine groups is 1. The molecule has 1 amide bonds. The number of nitrogens with one attached hydrogen (secondary N) is 1. The van der Waals surface area contributed by atoms with Crippen LogP contribution >= 0.6 is 0 Å². The van der Waals surface area contributed by atoms with Crippen molar-refractivity contribution in [3.63, 3.8) is 0 Å². The lowest BCUT2D eigenvalue weighted by atomic mass is 10.2. The highest BCUT2D eigenvalue weighted by atomic mass is 16.6. The van der Waals surface area contributed by atoms with Crippen LogP contribution in [0.5, 0.6) is 0 Å². The number of carbonyl (C=O) groups excluding carboxylic acids is 1. The maximum atomic E-state index is 11.2. The number of ether oxygens (including phenoxy) is 1. The van der Waals surface area contributed by atoms with E-state index in [-0.39, 0.29) is 5.84 Å². The molecule has 0 atom stereocenters. The predicted octanol–water partition coefficient (Wildman–Crippen LogP) is 1.85. The van der Waals surface area contributed by atoms with Crippen molar-refractivity contribution in [2.24, 2.45) is 0 Å². The zero-order valence-corrected chi connectivity index (χ0v) is 8.26. The molecule has 0 aromatic heterocycles. The maximum absolute atomic E-state index is 11.2. The van der Waals surface area contributed by atoms with E-state index < -0.39 is 11.7 Å². The summed E-state index contributed by atoms with van der Waals surface area (Å²) in [4.78, 5) is 12.3. The number of nitrogens with zero attached hydrogens (tertiary/aromatic N) is 1. The lowest BCUT2D eigenvalue weighted by molar-refractivity contribution is 0.0400. The summed E-state index contributed by atoms with van der Waals surface area (Å²) in [5.74, 6) is 0.171. The molecule has 0 saturated heterocycles. The summed E-state index contributed by atoms with van der Waals surface area (Å²) in [7, 11) is 1.51. The van der Waals surface area contributed by atoms with Crippen molar-refractivity contribution >= 4 is 11.9 Å². The lowest BCUT2D eigenvalue weighted by Crippen LogP contribution is -2.36. The average molecular weight is 172 g/mol. The predicted molar refractivity (Wildman–Crippen MR) is 47.4 cm³/mol. The van der Waals surface area contributed by atoms with Crippen LogP contribution in [0.15, 0.2) is 0 Å². The van der Waals surface area contributed by atoms with Crippen LogP contribution in [0.25, 0.3) is 0 Å². The van der Waals surface area contributed by atoms with E-state index in [1.54, 1.807) is 20.8 Å². The van der Waals surface area contributed by atoms with Gasteiger partial charge in [0.15, 0.2) is 0 Å². The number of amides is 1. The largest absolute Gasteiger partial charge is 0.443 e. The standard InChI is InChI=1S/C8H16N2O2/c1-6(9)10(5)7(11)12-8(2,3)4/h9H,1-5H3. The van der Waals surface area contributed by atoms with Crippen LogP contribution in [0, 0.1) is 5.41 Å². The highest BCUT2D eigenvalue weighted by Crippen LogP contribution is 2.08. The van der Waals surface area contributed by atoms with E-state index in [1.165, 1.54) is 14.0 Å². The van der Waals surface area contributed by atoms with Gasteiger partial charge < -0.3 is 4.74 Å². The van der Waals surface area contributed by atoms with Crippen LogP contribution in [-0.4, -0.2) is 29.5 Å². The molecule has 4 nitrogen and oxygen atoms in total. The molecule has 1 N–H and O–H groups in total. The highest BCUT2D eigenvalue weighted by Gasteiger charge is 2.19. The Morgan fingerprint density at radius 3 is 2.08 bits per heavy atom. The highest BCUT2D eigenvalue weighted by molar-refractivity contribution is 5.91. The number of hydrogen-bond donors (Lipinski definition) is 1. The van der Waals surface area contributed by atoms with Crippen LogP contribution in [-0.2, 0) is 4.74 Å². The van der Waals surface area contributed by atoms with Crippen molar-refractivity contribution < 1.29 is 9.53 Å². The molecule has 0 bridgehead atoms. The molecule has 12 heavy (non-hydrogen) atoms. The fraction of sp³-hybridized carbons (Fsp3) is 0.750. The summed E-state index contributed by atoms with van der Waals surface area (Å²) in [5, 5.41) is 7.16. The van der Waals surface area contributed by atoms with Gasteiger partial charge >= 0.3 is 6.09 Å². The fourth-order valence-corrected chi connectivity index (χ4v) is 0.467. The Morgan fingerprint density at radius 1 is 1.42 bits per heavy atom. The first kappa shape index (κ1) is 10.9. The van der Waals surface area contributed by atoms with Crippen molar-refractivity contribution in [2.45, 2.75) is 33.3 Å². The molecule has 0 radical (unpaired) electrons. The van der Waals surface area contributed by atoms with Gasteiger partial charge in [-0.25, -0.2) is 4.79 Å². The summed E-state index contributed by atoms with van der Waals surface area (Å²) < 4.78 is 5.01. The van der Waals surface area contributed by atoms with E-state index in [0.717, 1.165) is 4.90 Å². The quantitative estimate of drug-likeness (QED) is 0.448. The molecule has 0 aromatic carbocycles. The first-order valence-electron chi connectivity index (χ1n) is 3.76. The van der Waals surface area contributed by atoms with E-state index in [4.69, 9.17) is 10.1 Å². The van der Waals surface area contributed by atoms with Gasteiger partial charge in [-0.3, -0.25) is 10.3 Å². The van der Waals surface area contributed by atoms with Gasteiger partial charge in [-0.15, -0.1) is 0 Å². The summed E-state index contributed by atoms with van der Waals surface area (Å²) in [6, 6.07) is 0. The SMILES string of the molecule is CC(=N)N(C)C(=O)OC(C)(C)C. The van der Waals surface area contributed by atoms with Gasteiger partial charge in [-0.1, -0.05) is 0 Å². The molecule has 0 saturated carbocycles. The molecule has 0 aromatic rings. The maximum Gasteiger partial charge on any atom is 0.415 e. The summed E-state index contributed by atoms with van der Waals surface area (Å²) >= 11 is 0. The first-order valence-corrected chi connectivity index (χ1v) is 3.76. The van der Waals surface area contributed by atoms with Gasteiger partial charge in [0.05, 0.1) is 0 Å². The second-order valence-electron chi connectivity index (χ2n) is 3.62. The molecule has 0 aliphatic rings. The third kappa shape index (κ3) is 3.95. The molecule has 0 unspecified atom stereocenters. The van der Waals surface area contributed by atoms with Crippen molar-refractivity contribution in [3.05, 3.63) is 0 Å². The van der Waals surface area contributed by atoms with E-state index in [9.17, 15) is 4.79 Å². The summed E-state index contributed by atoms with van der Waals surface area (Å²) in [5.41, 5.74) is -0.499. The molecule has 4 heteroatoms. The van der Waals surface area contributed by atoms with Gasteiger partial charge in [-0.05, 0) is 27.7 Å². The number of carbonyl (C=O) groups is 1. The summed E-state index contributed by atoms with van der Waals surface area (Å²) in [6.45, 7) is 6.90. The normalized spacial score (nSPS) is 10.8. The molecule has 0 rings (SSSR count). The van der Waals surface area contributed by atoms with Crippen LogP contribution in [0.1, 0.15) is 27.7 Å². The Kier molecular flexibility index (Phi) is 3.24. The first-order chi connectivity index (χ1) is 5.24. The van der Waals surface area contributed by atoms with Crippen LogP contribution in [0.3, 0.4) is 0 Å². The van der Waals surface area contributed by atoms with E-state index in [2.05, 4.69) is 0 Å². The van der Waals surface area contributed by atoms with Crippen molar-refractivity contribution in [1.29, 1.82) is 5.41 Å². The van der Waals surface area contributed by atoms with Gasteiger partial charge in [0.1, 0.15) is 11.4 Å². The Labute approximate surface area is 73.0 Å².